The van der Waals surface area contributed by atoms with Gasteiger partial charge in [0.05, 0.1) is 39.6 Å². The van der Waals surface area contributed by atoms with E-state index in [1.54, 1.807) is 36.4 Å². The van der Waals surface area contributed by atoms with Crippen molar-refractivity contribution >= 4 is 56.5 Å². The number of ether oxygens (including phenoxy) is 4. The number of hydrogen-bond donors (Lipinski definition) is 1. The van der Waals surface area contributed by atoms with Gasteiger partial charge in [-0.15, -0.1) is 10.2 Å². The van der Waals surface area contributed by atoms with Gasteiger partial charge < -0.3 is 24.1 Å². The fourth-order valence-corrected chi connectivity index (χ4v) is 7.78. The second-order valence-corrected chi connectivity index (χ2v) is 13.7. The summed E-state index contributed by atoms with van der Waals surface area (Å²) in [5.41, 5.74) is 1.83. The largest absolute Gasteiger partial charge is 0.507 e. The van der Waals surface area contributed by atoms with Crippen LogP contribution in [0.15, 0.2) is 88.8 Å². The highest BCUT2D eigenvalue weighted by molar-refractivity contribution is 8.00. The number of benzene rings is 4. The Hall–Kier alpha value is -5.07. The van der Waals surface area contributed by atoms with Gasteiger partial charge in [-0.1, -0.05) is 91.4 Å². The third-order valence-electron chi connectivity index (χ3n) is 8.44. The van der Waals surface area contributed by atoms with Gasteiger partial charge in [0.1, 0.15) is 5.76 Å². The highest BCUT2D eigenvalue weighted by atomic mass is 32.2. The van der Waals surface area contributed by atoms with Gasteiger partial charge in [-0.3, -0.25) is 14.5 Å². The highest BCUT2D eigenvalue weighted by Gasteiger charge is 2.48. The lowest BCUT2D eigenvalue weighted by atomic mass is 9.95. The van der Waals surface area contributed by atoms with Gasteiger partial charge in [-0.05, 0) is 58.7 Å². The van der Waals surface area contributed by atoms with Crippen molar-refractivity contribution in [3.63, 3.8) is 0 Å². The number of aliphatic hydroxyl groups excluding tert-OH is 1. The van der Waals surface area contributed by atoms with E-state index in [1.165, 1.54) is 49.3 Å². The van der Waals surface area contributed by atoms with Crippen molar-refractivity contribution < 1.29 is 33.6 Å². The monoisotopic (exact) mass is 711 g/mol. The average Bonchev–Trinajstić information content (AvgIpc) is 3.73. The summed E-state index contributed by atoms with van der Waals surface area (Å²) in [5, 5.41) is 23.0. The van der Waals surface area contributed by atoms with Gasteiger partial charge >= 0.3 is 5.91 Å². The Labute approximate surface area is 298 Å². The topological polar surface area (TPSA) is 120 Å². The number of anilines is 1. The van der Waals surface area contributed by atoms with Crippen LogP contribution in [0.3, 0.4) is 0 Å². The molecule has 1 N–H and O–H groups in total. The third-order valence-corrected chi connectivity index (χ3v) is 10.5. The summed E-state index contributed by atoms with van der Waals surface area (Å²) in [6.45, 7) is 2.64. The molecule has 1 aliphatic heterocycles. The number of rotatable bonds is 14. The molecule has 6 rings (SSSR count). The third kappa shape index (κ3) is 6.99. The number of methoxy groups -OCH3 is 3. The van der Waals surface area contributed by atoms with Crippen LogP contribution in [-0.4, -0.2) is 54.9 Å². The van der Waals surface area contributed by atoms with E-state index in [2.05, 4.69) is 41.4 Å². The number of thioether (sulfide) groups is 1. The van der Waals surface area contributed by atoms with E-state index in [0.717, 1.165) is 35.6 Å². The molecule has 1 fully saturated rings. The molecule has 12 heteroatoms. The molecular formula is C38H37N3O7S2. The van der Waals surface area contributed by atoms with Gasteiger partial charge in [-0.2, -0.15) is 0 Å². The number of aromatic nitrogens is 2. The molecule has 0 spiro atoms. The maximum Gasteiger partial charge on any atom is 0.301 e. The first kappa shape index (κ1) is 34.8. The summed E-state index contributed by atoms with van der Waals surface area (Å²) in [5.74, 6) is 0.332. The Kier molecular flexibility index (Phi) is 10.9. The molecule has 1 aliphatic rings. The molecule has 1 aromatic heterocycles. The molecule has 10 nitrogen and oxygen atoms in total. The molecule has 258 valence electrons. The summed E-state index contributed by atoms with van der Waals surface area (Å²) in [6, 6.07) is 23.3. The zero-order valence-electron chi connectivity index (χ0n) is 28.2. The van der Waals surface area contributed by atoms with Crippen molar-refractivity contribution in [1.82, 2.24) is 10.2 Å². The maximum atomic E-state index is 13.9. The minimum Gasteiger partial charge on any atom is -0.507 e. The quantitative estimate of drug-likeness (QED) is 0.0301. The number of fused-ring (bicyclic) bond motifs is 1. The smallest absolute Gasteiger partial charge is 0.301 e. The number of carbonyl (C=O) groups is 2. The van der Waals surface area contributed by atoms with Crippen LogP contribution >= 0.6 is 23.1 Å². The van der Waals surface area contributed by atoms with E-state index in [0.29, 0.717) is 45.3 Å². The molecule has 2 heterocycles. The van der Waals surface area contributed by atoms with Crippen LogP contribution in [0.1, 0.15) is 48.9 Å². The number of amides is 1. The SMILES string of the molecule is CCCCCOc1ccc(C2C(=C(O)c3ccc(OC)c(OC)c3)C(=O)C(=O)N2c2nnc(SCc3cccc4ccccc34)s2)cc1OC. The van der Waals surface area contributed by atoms with Crippen LogP contribution in [0, 0.1) is 0 Å². The fourth-order valence-electron chi connectivity index (χ4n) is 5.91. The van der Waals surface area contributed by atoms with Crippen molar-refractivity contribution in [2.75, 3.05) is 32.8 Å². The van der Waals surface area contributed by atoms with Crippen molar-refractivity contribution in [1.29, 1.82) is 0 Å². The van der Waals surface area contributed by atoms with Crippen molar-refractivity contribution in [2.24, 2.45) is 0 Å². The Bertz CT molecular complexity index is 2060. The number of Topliss-reactive ketones (excluding diaryl/α,β-unsaturated/α-hetero) is 1. The molecule has 1 atom stereocenters. The lowest BCUT2D eigenvalue weighted by Gasteiger charge is -2.23. The standard InChI is InChI=1S/C38H37N3O7S2/c1-5-6-9-19-48-29-18-15-24(20-31(29)47-4)33-32(34(42)25-16-17-28(45-2)30(21-25)46-3)35(43)36(44)41(33)37-39-40-38(50-37)49-22-26-13-10-12-23-11-7-8-14-27(23)26/h7-8,10-18,20-21,33,42H,5-6,9,19,22H2,1-4H3. The number of hydrogen-bond acceptors (Lipinski definition) is 11. The van der Waals surface area contributed by atoms with Gasteiger partial charge in [0.25, 0.3) is 5.78 Å². The lowest BCUT2D eigenvalue weighted by molar-refractivity contribution is -0.132. The average molecular weight is 712 g/mol. The molecule has 4 aromatic carbocycles. The van der Waals surface area contributed by atoms with Gasteiger partial charge in [0.2, 0.25) is 5.13 Å². The van der Waals surface area contributed by atoms with E-state index in [9.17, 15) is 14.7 Å². The maximum absolute atomic E-state index is 13.9. The van der Waals surface area contributed by atoms with E-state index < -0.39 is 17.7 Å². The van der Waals surface area contributed by atoms with E-state index in [4.69, 9.17) is 18.9 Å². The molecular weight excluding hydrogens is 675 g/mol. The number of unbranched alkanes of at least 4 members (excludes halogenated alkanes) is 2. The molecule has 1 amide bonds. The molecule has 50 heavy (non-hydrogen) atoms. The van der Waals surface area contributed by atoms with Crippen LogP contribution in [-0.2, 0) is 15.3 Å². The number of carbonyl (C=O) groups excluding carboxylic acids is 2. The minimum absolute atomic E-state index is 0.110. The molecule has 1 saturated heterocycles. The zero-order chi connectivity index (χ0) is 35.2. The molecule has 1 unspecified atom stereocenters. The second kappa shape index (κ2) is 15.6. The first-order chi connectivity index (χ1) is 24.4. The van der Waals surface area contributed by atoms with Gasteiger partial charge in [-0.25, -0.2) is 0 Å². The highest BCUT2D eigenvalue weighted by Crippen LogP contribution is 2.46. The predicted octanol–water partition coefficient (Wildman–Crippen LogP) is 8.20. The molecule has 0 saturated carbocycles. The molecule has 0 bridgehead atoms. The van der Waals surface area contributed by atoms with Crippen LogP contribution in [0.5, 0.6) is 23.0 Å². The van der Waals surface area contributed by atoms with Crippen molar-refractivity contribution in [3.8, 4) is 23.0 Å². The van der Waals surface area contributed by atoms with E-state index in [-0.39, 0.29) is 22.0 Å². The minimum atomic E-state index is -1.05. The Morgan fingerprint density at radius 3 is 2.38 bits per heavy atom. The van der Waals surface area contributed by atoms with E-state index in [1.807, 2.05) is 18.2 Å². The van der Waals surface area contributed by atoms with Crippen molar-refractivity contribution in [3.05, 3.63) is 101 Å². The normalized spacial score (nSPS) is 15.4. The molecule has 5 aromatic rings. The zero-order valence-corrected chi connectivity index (χ0v) is 29.8. The first-order valence-electron chi connectivity index (χ1n) is 16.2. The summed E-state index contributed by atoms with van der Waals surface area (Å²) in [7, 11) is 4.51. The summed E-state index contributed by atoms with van der Waals surface area (Å²) in [6.07, 6.45) is 2.99. The number of nitrogens with zero attached hydrogens (tertiary/aromatic N) is 3. The van der Waals surface area contributed by atoms with Crippen LogP contribution in [0.4, 0.5) is 5.13 Å². The second-order valence-electron chi connectivity index (χ2n) is 11.5. The fraction of sp³-hybridized carbons (Fsp3) is 0.263. The number of ketones is 1. The Morgan fingerprint density at radius 1 is 0.860 bits per heavy atom. The van der Waals surface area contributed by atoms with Crippen LogP contribution in [0.2, 0.25) is 0 Å². The predicted molar refractivity (Wildman–Crippen MR) is 196 cm³/mol. The Morgan fingerprint density at radius 2 is 1.60 bits per heavy atom. The first-order valence-corrected chi connectivity index (χ1v) is 18.0. The summed E-state index contributed by atoms with van der Waals surface area (Å²) >= 11 is 2.70. The van der Waals surface area contributed by atoms with Gasteiger partial charge in [0, 0.05) is 11.3 Å². The van der Waals surface area contributed by atoms with Crippen molar-refractivity contribution in [2.45, 2.75) is 42.3 Å². The number of aliphatic hydroxyl groups is 1. The van der Waals surface area contributed by atoms with Crippen LogP contribution < -0.4 is 23.8 Å². The summed E-state index contributed by atoms with van der Waals surface area (Å²) in [4.78, 5) is 29.0. The molecule has 0 aliphatic carbocycles. The van der Waals surface area contributed by atoms with Gasteiger partial charge in [0.15, 0.2) is 27.3 Å². The van der Waals surface area contributed by atoms with E-state index >= 15 is 0 Å². The van der Waals surface area contributed by atoms with Crippen LogP contribution in [0.25, 0.3) is 16.5 Å². The lowest BCUT2D eigenvalue weighted by Crippen LogP contribution is -2.29. The summed E-state index contributed by atoms with van der Waals surface area (Å²) < 4.78 is 23.1. The molecule has 0 radical (unpaired) electrons. The Balaban J connectivity index is 1.39.